The Balaban J connectivity index is 2.27. The Morgan fingerprint density at radius 1 is 1.25 bits per heavy atom. The Bertz CT molecular complexity index is 567. The third-order valence-electron chi connectivity index (χ3n) is 3.17. The summed E-state index contributed by atoms with van der Waals surface area (Å²) >= 11 is 3.09. The summed E-state index contributed by atoms with van der Waals surface area (Å²) in [4.78, 5) is 3.13. The molecular weight excluding hydrogens is 308 g/mol. The van der Waals surface area contributed by atoms with Gasteiger partial charge in [0.15, 0.2) is 0 Å². The second kappa shape index (κ2) is 7.36. The maximum absolute atomic E-state index is 13.3. The number of thiophene rings is 2. The van der Waals surface area contributed by atoms with Crippen molar-refractivity contribution in [2.24, 2.45) is 4.36 Å². The van der Waals surface area contributed by atoms with Gasteiger partial charge in [0.05, 0.1) is 11.4 Å². The van der Waals surface area contributed by atoms with Crippen LogP contribution in [0.4, 0.5) is 0 Å². The molecule has 20 heavy (non-hydrogen) atoms. The van der Waals surface area contributed by atoms with Gasteiger partial charge in [-0.3, -0.25) is 0 Å². The molecule has 0 aliphatic rings. The minimum absolute atomic E-state index is 0.605. The van der Waals surface area contributed by atoms with Crippen LogP contribution in [0.5, 0.6) is 0 Å². The lowest BCUT2D eigenvalue weighted by Gasteiger charge is -2.16. The quantitative estimate of drug-likeness (QED) is 0.768. The minimum atomic E-state index is -2.44. The molecule has 1 atom stereocenters. The van der Waals surface area contributed by atoms with Crippen LogP contribution in [0.2, 0.25) is 0 Å². The molecule has 0 amide bonds. The molecule has 0 saturated heterocycles. The average Bonchev–Trinajstić information content (AvgIpc) is 3.16. The molecular formula is C14H20N2OS3. The van der Waals surface area contributed by atoms with E-state index in [4.69, 9.17) is 0 Å². The van der Waals surface area contributed by atoms with Crippen molar-refractivity contribution in [1.29, 1.82) is 0 Å². The molecule has 0 aliphatic heterocycles. The zero-order valence-electron chi connectivity index (χ0n) is 11.8. The number of likely N-dealkylation sites (N-methyl/N-ethyl adjacent to an activating group) is 1. The third-order valence-corrected chi connectivity index (χ3v) is 7.75. The fraction of sp³-hybridized carbons (Fsp3) is 0.429. The van der Waals surface area contributed by atoms with Gasteiger partial charge in [0.1, 0.15) is 13.9 Å². The second-order valence-electron chi connectivity index (χ2n) is 4.30. The minimum Gasteiger partial charge on any atom is -0.302 e. The zero-order chi connectivity index (χ0) is 14.4. The number of hydrogen-bond donors (Lipinski definition) is 0. The van der Waals surface area contributed by atoms with E-state index < -0.39 is 9.73 Å². The molecule has 1 unspecified atom stereocenters. The van der Waals surface area contributed by atoms with Gasteiger partial charge in [0.25, 0.3) is 0 Å². The predicted octanol–water partition coefficient (Wildman–Crippen LogP) is 4.04. The molecule has 2 aromatic rings. The molecule has 0 aromatic carbocycles. The first kappa shape index (κ1) is 15.7. The molecule has 0 spiro atoms. The third kappa shape index (κ3) is 3.49. The van der Waals surface area contributed by atoms with Crippen molar-refractivity contribution in [3.05, 3.63) is 34.3 Å². The molecule has 3 nitrogen and oxygen atoms in total. The van der Waals surface area contributed by atoms with Gasteiger partial charge >= 0.3 is 0 Å². The summed E-state index contributed by atoms with van der Waals surface area (Å²) in [6, 6.07) is 5.78. The molecule has 0 saturated carbocycles. The van der Waals surface area contributed by atoms with Gasteiger partial charge < -0.3 is 4.90 Å². The summed E-state index contributed by atoms with van der Waals surface area (Å²) in [5.74, 6) is 0. The highest BCUT2D eigenvalue weighted by molar-refractivity contribution is 7.95. The van der Waals surface area contributed by atoms with Crippen LogP contribution in [0.25, 0.3) is 0 Å². The fourth-order valence-electron chi connectivity index (χ4n) is 1.94. The van der Waals surface area contributed by atoms with E-state index in [2.05, 4.69) is 23.1 Å². The van der Waals surface area contributed by atoms with Crippen LogP contribution >= 0.6 is 22.7 Å². The maximum atomic E-state index is 13.3. The highest BCUT2D eigenvalue weighted by Gasteiger charge is 2.17. The van der Waals surface area contributed by atoms with Gasteiger partial charge in [-0.25, -0.2) is 8.57 Å². The van der Waals surface area contributed by atoms with Crippen molar-refractivity contribution in [2.75, 3.05) is 26.2 Å². The molecule has 0 bridgehead atoms. The predicted molar refractivity (Wildman–Crippen MR) is 88.4 cm³/mol. The topological polar surface area (TPSA) is 32.7 Å². The number of hydrogen-bond acceptors (Lipinski definition) is 5. The molecule has 110 valence electrons. The van der Waals surface area contributed by atoms with Gasteiger partial charge in [-0.1, -0.05) is 19.9 Å². The summed E-state index contributed by atoms with van der Waals surface area (Å²) in [5, 5.41) is 5.87. The Labute approximate surface area is 129 Å². The van der Waals surface area contributed by atoms with Crippen molar-refractivity contribution in [3.8, 4) is 0 Å². The summed E-state index contributed by atoms with van der Waals surface area (Å²) < 4.78 is 18.7. The molecule has 0 aliphatic carbocycles. The Morgan fingerprint density at radius 3 is 2.60 bits per heavy atom. The summed E-state index contributed by atoms with van der Waals surface area (Å²) in [6.45, 7) is 7.75. The van der Waals surface area contributed by atoms with E-state index in [0.717, 1.165) is 28.7 Å². The van der Waals surface area contributed by atoms with Crippen molar-refractivity contribution >= 4 is 32.4 Å². The largest absolute Gasteiger partial charge is 0.302 e. The maximum Gasteiger partial charge on any atom is 0.114 e. The lowest BCUT2D eigenvalue weighted by Crippen LogP contribution is -2.26. The van der Waals surface area contributed by atoms with E-state index >= 15 is 0 Å². The normalized spacial score (nSPS) is 14.3. The molecule has 0 radical (unpaired) electrons. The van der Waals surface area contributed by atoms with Crippen LogP contribution in [-0.4, -0.2) is 35.3 Å². The van der Waals surface area contributed by atoms with Gasteiger partial charge in [0, 0.05) is 11.9 Å². The van der Waals surface area contributed by atoms with Crippen molar-refractivity contribution in [2.45, 2.75) is 23.0 Å². The van der Waals surface area contributed by atoms with Gasteiger partial charge in [-0.05, 0) is 36.0 Å². The second-order valence-corrected chi connectivity index (χ2v) is 8.50. The Hall–Kier alpha value is -0.690. The van der Waals surface area contributed by atoms with Gasteiger partial charge in [-0.15, -0.1) is 11.3 Å². The standard InChI is InChI=1S/C14H20N2OS3/c1-3-16(4-2)9-8-15-20(17,13-7-11-18-12-13)14-6-5-10-19-14/h5-7,10-12H,3-4,8-9H2,1-2H3. The summed E-state index contributed by atoms with van der Waals surface area (Å²) in [6.07, 6.45) is 0. The lowest BCUT2D eigenvalue weighted by molar-refractivity contribution is 0.313. The van der Waals surface area contributed by atoms with E-state index in [-0.39, 0.29) is 0 Å². The lowest BCUT2D eigenvalue weighted by atomic mass is 10.5. The van der Waals surface area contributed by atoms with Crippen LogP contribution in [0, 0.1) is 0 Å². The molecule has 2 rings (SSSR count). The zero-order valence-corrected chi connectivity index (χ0v) is 14.3. The van der Waals surface area contributed by atoms with Crippen LogP contribution < -0.4 is 0 Å². The van der Waals surface area contributed by atoms with Crippen LogP contribution in [-0.2, 0) is 9.73 Å². The van der Waals surface area contributed by atoms with Crippen LogP contribution in [0.3, 0.4) is 0 Å². The van der Waals surface area contributed by atoms with Crippen molar-refractivity contribution in [3.63, 3.8) is 0 Å². The van der Waals surface area contributed by atoms with Gasteiger partial charge in [0.2, 0.25) is 0 Å². The van der Waals surface area contributed by atoms with E-state index in [1.807, 2.05) is 34.3 Å². The first-order chi connectivity index (χ1) is 9.70. The number of rotatable bonds is 7. The molecule has 0 fully saturated rings. The van der Waals surface area contributed by atoms with E-state index in [1.54, 1.807) is 11.3 Å². The van der Waals surface area contributed by atoms with Gasteiger partial charge in [-0.2, -0.15) is 11.3 Å². The highest BCUT2D eigenvalue weighted by Crippen LogP contribution is 2.28. The molecule has 2 heterocycles. The SMILES string of the molecule is CCN(CC)CCN=S(=O)(c1ccsc1)c1cccs1. The molecule has 6 heteroatoms. The molecule has 0 N–H and O–H groups in total. The van der Waals surface area contributed by atoms with Crippen LogP contribution in [0.1, 0.15) is 13.8 Å². The first-order valence-corrected chi connectivity index (χ1v) is 10.1. The van der Waals surface area contributed by atoms with E-state index in [0.29, 0.717) is 6.54 Å². The summed E-state index contributed by atoms with van der Waals surface area (Å²) in [5.41, 5.74) is 0. The molecule has 2 aromatic heterocycles. The Kier molecular flexibility index (Phi) is 5.77. The fourth-order valence-corrected chi connectivity index (χ4v) is 6.17. The first-order valence-electron chi connectivity index (χ1n) is 6.71. The monoisotopic (exact) mass is 328 g/mol. The highest BCUT2D eigenvalue weighted by atomic mass is 32.2. The van der Waals surface area contributed by atoms with E-state index in [1.165, 1.54) is 11.3 Å². The van der Waals surface area contributed by atoms with E-state index in [9.17, 15) is 4.21 Å². The Morgan fingerprint density at radius 2 is 2.05 bits per heavy atom. The summed E-state index contributed by atoms with van der Waals surface area (Å²) in [7, 11) is -2.44. The van der Waals surface area contributed by atoms with Crippen molar-refractivity contribution in [1.82, 2.24) is 4.90 Å². The smallest absolute Gasteiger partial charge is 0.114 e. The van der Waals surface area contributed by atoms with Crippen LogP contribution in [0.15, 0.2) is 47.8 Å². The average molecular weight is 329 g/mol. The number of nitrogens with zero attached hydrogens (tertiary/aromatic N) is 2. The van der Waals surface area contributed by atoms with Crippen molar-refractivity contribution < 1.29 is 4.21 Å².